The van der Waals surface area contributed by atoms with Crippen LogP contribution in [0, 0.1) is 0 Å². The van der Waals surface area contributed by atoms with Crippen LogP contribution in [0.4, 0.5) is 0 Å². The predicted molar refractivity (Wildman–Crippen MR) is 100 cm³/mol. The van der Waals surface area contributed by atoms with Crippen molar-refractivity contribution in [2.45, 2.75) is 44.9 Å². The maximum atomic E-state index is 12.6. The van der Waals surface area contributed by atoms with Crippen molar-refractivity contribution in [1.29, 1.82) is 0 Å². The molecule has 3 rings (SSSR count). The molecule has 0 spiro atoms. The van der Waals surface area contributed by atoms with Crippen LogP contribution in [0.2, 0.25) is 0 Å². The van der Waals surface area contributed by atoms with Gasteiger partial charge in [0.2, 0.25) is 0 Å². The summed E-state index contributed by atoms with van der Waals surface area (Å²) >= 11 is 0. The molecule has 27 heavy (non-hydrogen) atoms. The van der Waals surface area contributed by atoms with Crippen molar-refractivity contribution in [3.63, 3.8) is 0 Å². The third-order valence-electron chi connectivity index (χ3n) is 4.23. The molecule has 0 aliphatic carbocycles. The Morgan fingerprint density at radius 1 is 0.778 bits per heavy atom. The lowest BCUT2D eigenvalue weighted by molar-refractivity contribution is -0.159. The summed E-state index contributed by atoms with van der Waals surface area (Å²) < 4.78 is 11.4. The van der Waals surface area contributed by atoms with Gasteiger partial charge in [-0.2, -0.15) is 0 Å². The first-order valence-corrected chi connectivity index (χ1v) is 8.93. The van der Waals surface area contributed by atoms with E-state index < -0.39 is 18.0 Å². The predicted octanol–water partition coefficient (Wildman–Crippen LogP) is 2.14. The summed E-state index contributed by atoms with van der Waals surface area (Å²) in [4.78, 5) is 25.2. The number of hydrogen-bond donors (Lipinski definition) is 2. The van der Waals surface area contributed by atoms with E-state index in [4.69, 9.17) is 9.47 Å². The molecule has 6 heteroatoms. The second-order valence-electron chi connectivity index (χ2n) is 6.88. The molecule has 2 N–H and O–H groups in total. The van der Waals surface area contributed by atoms with E-state index in [2.05, 4.69) is 10.6 Å². The van der Waals surface area contributed by atoms with Crippen molar-refractivity contribution in [3.8, 4) is 0 Å². The highest BCUT2D eigenvalue weighted by molar-refractivity contribution is 5.91. The summed E-state index contributed by atoms with van der Waals surface area (Å²) in [5, 5.41) is 5.63. The van der Waals surface area contributed by atoms with Gasteiger partial charge in [-0.05, 0) is 25.0 Å². The SMILES string of the molecule is CC1(C)OC(C(=O)NCc2ccccc2)C(C(=O)NCc2ccccc2)O1. The molecule has 2 aromatic carbocycles. The van der Waals surface area contributed by atoms with Crippen LogP contribution >= 0.6 is 0 Å². The van der Waals surface area contributed by atoms with Gasteiger partial charge < -0.3 is 20.1 Å². The Kier molecular flexibility index (Phi) is 5.88. The van der Waals surface area contributed by atoms with Crippen LogP contribution in [0.25, 0.3) is 0 Å². The molecule has 2 atom stereocenters. The summed E-state index contributed by atoms with van der Waals surface area (Å²) in [6.07, 6.45) is -2.00. The fraction of sp³-hybridized carbons (Fsp3) is 0.333. The molecular formula is C21H24N2O4. The smallest absolute Gasteiger partial charge is 0.252 e. The van der Waals surface area contributed by atoms with Gasteiger partial charge in [0.1, 0.15) is 0 Å². The second-order valence-corrected chi connectivity index (χ2v) is 6.88. The Morgan fingerprint density at radius 3 is 1.52 bits per heavy atom. The summed E-state index contributed by atoms with van der Waals surface area (Å²) in [7, 11) is 0. The quantitative estimate of drug-likeness (QED) is 0.819. The first-order valence-electron chi connectivity index (χ1n) is 8.93. The van der Waals surface area contributed by atoms with Gasteiger partial charge >= 0.3 is 0 Å². The van der Waals surface area contributed by atoms with Crippen molar-refractivity contribution in [3.05, 3.63) is 71.8 Å². The maximum Gasteiger partial charge on any atom is 0.252 e. The van der Waals surface area contributed by atoms with E-state index in [0.717, 1.165) is 11.1 Å². The number of nitrogens with one attached hydrogen (secondary N) is 2. The van der Waals surface area contributed by atoms with Crippen molar-refractivity contribution in [2.75, 3.05) is 0 Å². The van der Waals surface area contributed by atoms with E-state index in [9.17, 15) is 9.59 Å². The summed E-state index contributed by atoms with van der Waals surface area (Å²) in [5.41, 5.74) is 1.93. The number of carbonyl (C=O) groups excluding carboxylic acids is 2. The molecule has 1 fully saturated rings. The van der Waals surface area contributed by atoms with E-state index in [1.165, 1.54) is 0 Å². The van der Waals surface area contributed by atoms with E-state index in [-0.39, 0.29) is 11.8 Å². The Balaban J connectivity index is 1.61. The van der Waals surface area contributed by atoms with Crippen LogP contribution in [-0.4, -0.2) is 29.8 Å². The summed E-state index contributed by atoms with van der Waals surface area (Å²) in [6, 6.07) is 19.1. The van der Waals surface area contributed by atoms with Crippen LogP contribution in [-0.2, 0) is 32.2 Å². The Hall–Kier alpha value is -2.70. The van der Waals surface area contributed by atoms with Crippen molar-refractivity contribution in [2.24, 2.45) is 0 Å². The number of hydrogen-bond acceptors (Lipinski definition) is 4. The molecule has 142 valence electrons. The average molecular weight is 368 g/mol. The zero-order valence-corrected chi connectivity index (χ0v) is 15.5. The van der Waals surface area contributed by atoms with E-state index in [1.807, 2.05) is 60.7 Å². The molecule has 2 unspecified atom stereocenters. The van der Waals surface area contributed by atoms with Gasteiger partial charge in [-0.3, -0.25) is 9.59 Å². The van der Waals surface area contributed by atoms with Gasteiger partial charge in [-0.25, -0.2) is 0 Å². The van der Waals surface area contributed by atoms with E-state index in [0.29, 0.717) is 13.1 Å². The first-order chi connectivity index (χ1) is 12.9. The van der Waals surface area contributed by atoms with Crippen LogP contribution in [0.15, 0.2) is 60.7 Å². The normalized spacial score (nSPS) is 20.8. The fourth-order valence-corrected chi connectivity index (χ4v) is 2.92. The Morgan fingerprint density at radius 2 is 1.15 bits per heavy atom. The number of amides is 2. The average Bonchev–Trinajstić information content (AvgIpc) is 3.01. The van der Waals surface area contributed by atoms with Crippen LogP contribution in [0.3, 0.4) is 0 Å². The molecule has 6 nitrogen and oxygen atoms in total. The monoisotopic (exact) mass is 368 g/mol. The fourth-order valence-electron chi connectivity index (χ4n) is 2.92. The van der Waals surface area contributed by atoms with Gasteiger partial charge in [-0.1, -0.05) is 60.7 Å². The van der Waals surface area contributed by atoms with Crippen molar-refractivity contribution >= 4 is 11.8 Å². The molecule has 1 heterocycles. The van der Waals surface area contributed by atoms with Gasteiger partial charge in [-0.15, -0.1) is 0 Å². The van der Waals surface area contributed by atoms with Crippen molar-refractivity contribution in [1.82, 2.24) is 10.6 Å². The molecule has 0 radical (unpaired) electrons. The zero-order chi connectivity index (χ0) is 19.3. The van der Waals surface area contributed by atoms with E-state index >= 15 is 0 Å². The molecule has 1 aliphatic heterocycles. The molecule has 2 amide bonds. The number of ether oxygens (including phenoxy) is 2. The maximum absolute atomic E-state index is 12.6. The second kappa shape index (κ2) is 8.33. The van der Waals surface area contributed by atoms with Crippen LogP contribution in [0.1, 0.15) is 25.0 Å². The largest absolute Gasteiger partial charge is 0.350 e. The molecule has 1 aliphatic rings. The lowest BCUT2D eigenvalue weighted by atomic mass is 10.1. The van der Waals surface area contributed by atoms with Gasteiger partial charge in [0.05, 0.1) is 0 Å². The highest BCUT2D eigenvalue weighted by atomic mass is 16.8. The molecule has 0 saturated carbocycles. The topological polar surface area (TPSA) is 76.7 Å². The van der Waals surface area contributed by atoms with Crippen LogP contribution in [0.5, 0.6) is 0 Å². The molecule has 1 saturated heterocycles. The number of carbonyl (C=O) groups is 2. The van der Waals surface area contributed by atoms with E-state index in [1.54, 1.807) is 13.8 Å². The first kappa shape index (κ1) is 19.1. The minimum Gasteiger partial charge on any atom is -0.350 e. The number of rotatable bonds is 6. The third kappa shape index (κ3) is 5.15. The summed E-state index contributed by atoms with van der Waals surface area (Å²) in [6.45, 7) is 4.10. The molecule has 2 aromatic rings. The Bertz CT molecular complexity index is 712. The Labute approximate surface area is 158 Å². The molecule has 0 bridgehead atoms. The minimum atomic E-state index is -1.01. The molecular weight excluding hydrogens is 344 g/mol. The van der Waals surface area contributed by atoms with Gasteiger partial charge in [0.25, 0.3) is 11.8 Å². The molecule has 0 aromatic heterocycles. The van der Waals surface area contributed by atoms with Crippen molar-refractivity contribution < 1.29 is 19.1 Å². The highest BCUT2D eigenvalue weighted by Gasteiger charge is 2.48. The lowest BCUT2D eigenvalue weighted by Gasteiger charge is -2.16. The zero-order valence-electron chi connectivity index (χ0n) is 15.5. The number of benzene rings is 2. The third-order valence-corrected chi connectivity index (χ3v) is 4.23. The standard InChI is InChI=1S/C21H24N2O4/c1-21(2)26-17(19(24)22-13-15-9-5-3-6-10-15)18(27-21)20(25)23-14-16-11-7-4-8-12-16/h3-12,17-18H,13-14H2,1-2H3,(H,22,24)(H,23,25). The van der Waals surface area contributed by atoms with Gasteiger partial charge in [0, 0.05) is 13.1 Å². The lowest BCUT2D eigenvalue weighted by Crippen LogP contribution is -2.47. The summed E-state index contributed by atoms with van der Waals surface area (Å²) in [5.74, 6) is -1.75. The van der Waals surface area contributed by atoms with Gasteiger partial charge in [0.15, 0.2) is 18.0 Å². The highest BCUT2D eigenvalue weighted by Crippen LogP contribution is 2.28. The minimum absolute atomic E-state index is 0.359. The van der Waals surface area contributed by atoms with Crippen LogP contribution < -0.4 is 10.6 Å².